The molecule has 0 radical (unpaired) electrons. The van der Waals surface area contributed by atoms with Gasteiger partial charge in [-0.2, -0.15) is 43.3 Å². The van der Waals surface area contributed by atoms with Crippen molar-refractivity contribution in [2.45, 2.75) is 96.9 Å². The molecule has 6 aromatic carbocycles. The van der Waals surface area contributed by atoms with Crippen molar-refractivity contribution < 1.29 is 165 Å². The Balaban J connectivity index is 0.000000628. The molecule has 0 amide bonds. The van der Waals surface area contributed by atoms with Crippen LogP contribution in [0.3, 0.4) is 0 Å². The van der Waals surface area contributed by atoms with Gasteiger partial charge in [-0.25, -0.2) is 5.26 Å². The number of hydrogen-bond donors (Lipinski definition) is 1. The molecule has 2 saturated heterocycles. The van der Waals surface area contributed by atoms with Crippen molar-refractivity contribution in [3.05, 3.63) is 175 Å². The van der Waals surface area contributed by atoms with Crippen molar-refractivity contribution in [3.8, 4) is 35.9 Å². The molecule has 2 fully saturated rings. The van der Waals surface area contributed by atoms with Gasteiger partial charge in [0.1, 0.15) is 0 Å². The van der Waals surface area contributed by atoms with Gasteiger partial charge in [-0.15, -0.1) is 11.2 Å². The van der Waals surface area contributed by atoms with E-state index < -0.39 is 12.3 Å². The molecule has 0 aromatic heterocycles. The van der Waals surface area contributed by atoms with Crippen LogP contribution in [0, 0.1) is 135 Å². The molecule has 0 aliphatic carbocycles. The standard InChI is InChI=1S/C52H52B2N2.2C12H24O6.2C2H3N.2K/c1-33-23-37(5)49(38(6)24-33)53(31-55,50-39(7)25-34(2)26-40(50)8)47-19-15-13-17-45(47)21-22-46-18-14-16-20-48(46)54(32-56,51-41(9)27-35(3)28-42(51)10)52-43(11)29-36(4)30-44(52)12;2*1-2-14-5-6-16-9-10-18-12-11-17-8-7-15-4-3-13-1;2*1-2-3;;/h13-20,23-30H,1-12H3;2*1-12H2;2*1H3;;/q-2;;;;;2*+1/p+1. The summed E-state index contributed by atoms with van der Waals surface area (Å²) in [4.78, 5) is 0. The van der Waals surface area contributed by atoms with Crippen LogP contribution in [0.4, 0.5) is 0 Å². The number of nitriles is 3. The summed E-state index contributed by atoms with van der Waals surface area (Å²) in [5.74, 6) is 13.6. The molecule has 0 saturated carbocycles. The third-order valence-electron chi connectivity index (χ3n) is 16.7. The summed E-state index contributed by atoms with van der Waals surface area (Å²) in [6, 6.07) is 37.8. The van der Waals surface area contributed by atoms with Gasteiger partial charge in [0.05, 0.1) is 177 Å². The molecular formula is C80H107B2K2N4O12+. The van der Waals surface area contributed by atoms with E-state index in [4.69, 9.17) is 67.4 Å². The van der Waals surface area contributed by atoms with Crippen LogP contribution in [0.1, 0.15) is 91.7 Å². The van der Waals surface area contributed by atoms with Crippen LogP contribution in [0.25, 0.3) is 0 Å². The maximum Gasteiger partial charge on any atom is 1.00 e. The number of rotatable bonds is 6. The average Bonchev–Trinajstić information content (AvgIpc) is 0.731. The topological polar surface area (TPSA) is 206 Å². The van der Waals surface area contributed by atoms with Crippen molar-refractivity contribution in [2.24, 2.45) is 0 Å². The number of benzene rings is 6. The van der Waals surface area contributed by atoms with Crippen LogP contribution in [0.5, 0.6) is 0 Å². The zero-order chi connectivity index (χ0) is 71.6. The van der Waals surface area contributed by atoms with Gasteiger partial charge in [0, 0.05) is 13.8 Å². The molecule has 526 valence electrons. The Morgan fingerprint density at radius 1 is 0.290 bits per heavy atom. The molecular weight excluding hydrogens is 1310 g/mol. The summed E-state index contributed by atoms with van der Waals surface area (Å²) in [6.45, 7) is 42.7. The molecule has 0 atom stereocenters. The van der Waals surface area contributed by atoms with Gasteiger partial charge in [0.15, 0.2) is 6.15 Å². The fraction of sp³-hybridized carbons (Fsp3) is 0.475. The molecule has 0 bridgehead atoms. The minimum Gasteiger partial charge on any atom is -0.377 e. The Morgan fingerprint density at radius 2 is 0.450 bits per heavy atom. The van der Waals surface area contributed by atoms with Gasteiger partial charge in [0.25, 0.3) is 0 Å². The minimum atomic E-state index is -2.12. The first-order chi connectivity index (χ1) is 47.4. The zero-order valence-corrected chi connectivity index (χ0v) is 69.3. The Bertz CT molecular complexity index is 3060. The van der Waals surface area contributed by atoms with E-state index >= 15 is 0 Å². The van der Waals surface area contributed by atoms with E-state index in [1.165, 1.54) is 36.1 Å². The fourth-order valence-corrected chi connectivity index (χ4v) is 13.6. The van der Waals surface area contributed by atoms with Crippen LogP contribution in [0.2, 0.25) is 0 Å². The summed E-state index contributed by atoms with van der Waals surface area (Å²) < 4.78 is 63.9. The van der Waals surface area contributed by atoms with Crippen LogP contribution in [-0.4, -0.2) is 171 Å². The van der Waals surface area contributed by atoms with Crippen LogP contribution in [-0.2, 0) is 56.8 Å². The minimum absolute atomic E-state index is 0. The summed E-state index contributed by atoms with van der Waals surface area (Å²) >= 11 is 0. The van der Waals surface area contributed by atoms with Crippen LogP contribution in [0.15, 0.2) is 97.1 Å². The number of hydrogen-bond acceptors (Lipinski definition) is 15. The Hall–Kier alpha value is -4.24. The van der Waals surface area contributed by atoms with E-state index in [1.807, 2.05) is 18.2 Å². The maximum atomic E-state index is 11.8. The summed E-state index contributed by atoms with van der Waals surface area (Å²) in [5, 5.41) is 35.7. The number of aryl methyl sites for hydroxylation is 12. The maximum absolute atomic E-state index is 11.8. The van der Waals surface area contributed by atoms with E-state index in [9.17, 15) is 10.5 Å². The summed E-state index contributed by atoms with van der Waals surface area (Å²) in [7, 11) is 0. The van der Waals surface area contributed by atoms with E-state index in [0.29, 0.717) is 159 Å². The third-order valence-corrected chi connectivity index (χ3v) is 16.7. The van der Waals surface area contributed by atoms with Gasteiger partial charge >= 0.3 is 103 Å². The van der Waals surface area contributed by atoms with Gasteiger partial charge in [-0.3, -0.25) is 0 Å². The first-order valence-electron chi connectivity index (χ1n) is 34.2. The zero-order valence-electron chi connectivity index (χ0n) is 63.1. The SMILES string of the molecule is C1COCCOCCOCCOCCOCCO1.C1COCCOCCOCCOCCOCCO1.CC#N.CC#N.Cc1cc(C)c([B-](C#N)(c2ccccc2C#Cc2ccccc2[B-](C#[NH+])(c2c(C)cc(C)cc2C)c2c(C)cc(C)cc2C)c2c(C)cc(C)cc2C)c(C)c1.[K+].[K+]. The van der Waals surface area contributed by atoms with Crippen LogP contribution >= 0.6 is 0 Å². The second kappa shape index (κ2) is 52.7. The molecule has 2 heterocycles. The predicted octanol–water partition coefficient (Wildman–Crippen LogP) is 1.37. The largest absolute Gasteiger partial charge is 1.00 e. The molecule has 0 unspecified atom stereocenters. The number of nitrogens with one attached hydrogen (secondary N) is 1. The van der Waals surface area contributed by atoms with Crippen molar-refractivity contribution in [3.63, 3.8) is 0 Å². The van der Waals surface area contributed by atoms with E-state index in [0.717, 1.165) is 88.4 Å². The van der Waals surface area contributed by atoms with E-state index in [2.05, 4.69) is 186 Å². The Morgan fingerprint density at radius 3 is 0.620 bits per heavy atom. The smallest absolute Gasteiger partial charge is 0.377 e. The van der Waals surface area contributed by atoms with E-state index in [-0.39, 0.29) is 103 Å². The van der Waals surface area contributed by atoms with Gasteiger partial charge in [-0.05, 0) is 106 Å². The first kappa shape index (κ1) is 91.8. The summed E-state index contributed by atoms with van der Waals surface area (Å²) in [5.41, 5.74) is 21.7. The second-order valence-electron chi connectivity index (χ2n) is 24.5. The van der Waals surface area contributed by atoms with Gasteiger partial charge < -0.3 is 56.8 Å². The van der Waals surface area contributed by atoms with Gasteiger partial charge in [-0.1, -0.05) is 164 Å². The Kier molecular flexibility index (Phi) is 48.4. The molecule has 20 heteroatoms. The number of ether oxygens (including phenoxy) is 12. The molecule has 2 aliphatic rings. The first-order valence-corrected chi connectivity index (χ1v) is 34.2. The second-order valence-corrected chi connectivity index (χ2v) is 24.5. The predicted molar refractivity (Wildman–Crippen MR) is 394 cm³/mol. The van der Waals surface area contributed by atoms with Crippen molar-refractivity contribution >= 4 is 45.1 Å². The fourth-order valence-electron chi connectivity index (χ4n) is 13.6. The monoisotopic (exact) mass is 1420 g/mol. The number of nitrogens with zero attached hydrogens (tertiary/aromatic N) is 3. The molecule has 6 aromatic rings. The van der Waals surface area contributed by atoms with E-state index in [1.54, 1.807) is 12.1 Å². The normalized spacial score (nSPS) is 15.2. The molecule has 8 rings (SSSR count). The average molecular weight is 1420 g/mol. The summed E-state index contributed by atoms with van der Waals surface area (Å²) in [6.07, 6.45) is -4.15. The molecule has 100 heavy (non-hydrogen) atoms. The quantitative estimate of drug-likeness (QED) is 0.185. The molecule has 1 N–H and O–H groups in total. The Labute approximate surface area is 684 Å². The van der Waals surface area contributed by atoms with Crippen molar-refractivity contribution in [1.82, 2.24) is 0 Å². The molecule has 16 nitrogen and oxygen atoms in total. The van der Waals surface area contributed by atoms with Crippen LogP contribution < -0.4 is 141 Å². The third kappa shape index (κ3) is 29.7. The van der Waals surface area contributed by atoms with Crippen molar-refractivity contribution in [1.29, 1.82) is 15.8 Å². The van der Waals surface area contributed by atoms with Crippen molar-refractivity contribution in [2.75, 3.05) is 159 Å². The molecule has 0 spiro atoms. The van der Waals surface area contributed by atoms with Gasteiger partial charge in [0.2, 0.25) is 6.15 Å². The molecule has 2 aliphatic heterocycles.